The topological polar surface area (TPSA) is 40.5 Å². The molecule has 2 aromatic carbocycles. The van der Waals surface area contributed by atoms with Gasteiger partial charge in [-0.3, -0.25) is 0 Å². The van der Waals surface area contributed by atoms with E-state index in [2.05, 4.69) is 66.8 Å². The predicted octanol–water partition coefficient (Wildman–Crippen LogP) is 4.76. The molecule has 2 aliphatic carbocycles. The molecule has 126 valence electrons. The van der Waals surface area contributed by atoms with Crippen LogP contribution < -0.4 is 0 Å². The second kappa shape index (κ2) is 6.83. The van der Waals surface area contributed by atoms with Crippen molar-refractivity contribution in [1.82, 2.24) is 0 Å². The zero-order chi connectivity index (χ0) is 17.2. The van der Waals surface area contributed by atoms with Crippen LogP contribution in [0.25, 0.3) is 17.2 Å². The van der Waals surface area contributed by atoms with Gasteiger partial charge in [0.25, 0.3) is 0 Å². The Labute approximate surface area is 148 Å². The molecule has 1 atom stereocenters. The monoisotopic (exact) mass is 330 g/mol. The molecule has 2 nitrogen and oxygen atoms in total. The number of hydrogen-bond acceptors (Lipinski definition) is 2. The van der Waals surface area contributed by atoms with Crippen molar-refractivity contribution < 1.29 is 10.2 Å². The average Bonchev–Trinajstić information content (AvgIpc) is 3.27. The highest BCUT2D eigenvalue weighted by atomic mass is 16.5. The minimum atomic E-state index is -1.22. The van der Waals surface area contributed by atoms with Crippen LogP contribution in [-0.4, -0.2) is 16.5 Å². The molecule has 0 fully saturated rings. The van der Waals surface area contributed by atoms with E-state index in [-0.39, 0.29) is 0 Å². The summed E-state index contributed by atoms with van der Waals surface area (Å²) in [4.78, 5) is 0. The first-order chi connectivity index (χ1) is 12.2. The number of benzene rings is 2. The summed E-state index contributed by atoms with van der Waals surface area (Å²) in [6, 6.07) is 17.1. The van der Waals surface area contributed by atoms with E-state index in [4.69, 9.17) is 10.2 Å². The van der Waals surface area contributed by atoms with Crippen molar-refractivity contribution >= 4 is 17.2 Å². The van der Waals surface area contributed by atoms with Gasteiger partial charge in [0.15, 0.2) is 6.29 Å². The van der Waals surface area contributed by atoms with Crippen molar-refractivity contribution in [3.63, 3.8) is 0 Å². The van der Waals surface area contributed by atoms with Crippen LogP contribution in [0.4, 0.5) is 0 Å². The molecule has 1 unspecified atom stereocenters. The lowest BCUT2D eigenvalue weighted by atomic mass is 9.93. The minimum Gasteiger partial charge on any atom is -0.368 e. The van der Waals surface area contributed by atoms with Gasteiger partial charge >= 0.3 is 0 Å². The van der Waals surface area contributed by atoms with Crippen molar-refractivity contribution in [2.45, 2.75) is 31.5 Å². The van der Waals surface area contributed by atoms with Crippen molar-refractivity contribution in [2.75, 3.05) is 0 Å². The summed E-state index contributed by atoms with van der Waals surface area (Å²) in [7, 11) is 0. The molecular weight excluding hydrogens is 308 g/mol. The van der Waals surface area contributed by atoms with Gasteiger partial charge in [0.05, 0.1) is 0 Å². The number of hydrogen-bond donors (Lipinski definition) is 2. The van der Waals surface area contributed by atoms with Crippen molar-refractivity contribution in [3.05, 3.63) is 89.0 Å². The maximum Gasteiger partial charge on any atom is 0.151 e. The van der Waals surface area contributed by atoms with Crippen LogP contribution in [-0.2, 0) is 0 Å². The lowest BCUT2D eigenvalue weighted by Crippen LogP contribution is -2.06. The van der Waals surface area contributed by atoms with E-state index in [1.165, 1.54) is 33.4 Å². The first kappa shape index (κ1) is 16.1. The molecule has 0 aromatic heterocycles. The van der Waals surface area contributed by atoms with Gasteiger partial charge in [-0.05, 0) is 58.7 Å². The van der Waals surface area contributed by atoms with Gasteiger partial charge in [-0.1, -0.05) is 66.8 Å². The zero-order valence-electron chi connectivity index (χ0n) is 14.1. The fourth-order valence-electron chi connectivity index (χ4n) is 3.72. The van der Waals surface area contributed by atoms with Crippen molar-refractivity contribution in [2.24, 2.45) is 0 Å². The average molecular weight is 330 g/mol. The van der Waals surface area contributed by atoms with E-state index >= 15 is 0 Å². The molecule has 0 amide bonds. The summed E-state index contributed by atoms with van der Waals surface area (Å²) in [6.45, 7) is 0. The maximum atomic E-state index is 9.09. The van der Waals surface area contributed by atoms with E-state index in [9.17, 15) is 0 Å². The molecule has 25 heavy (non-hydrogen) atoms. The molecule has 2 aromatic rings. The van der Waals surface area contributed by atoms with Gasteiger partial charge in [0.2, 0.25) is 0 Å². The molecule has 2 N–H and O–H groups in total. The zero-order valence-corrected chi connectivity index (χ0v) is 14.1. The fraction of sp³-hybridized carbons (Fsp3) is 0.217. The van der Waals surface area contributed by atoms with E-state index in [0.717, 1.165) is 12.8 Å². The number of aliphatic hydroxyl groups is 2. The number of allylic oxidation sites excluding steroid dienone is 5. The Morgan fingerprint density at radius 3 is 2.64 bits per heavy atom. The number of rotatable bonds is 5. The Morgan fingerprint density at radius 2 is 1.84 bits per heavy atom. The number of fused-ring (bicyclic) bond motifs is 1. The normalized spacial score (nSPS) is 18.4. The third kappa shape index (κ3) is 3.37. The molecular formula is C23H22O2. The van der Waals surface area contributed by atoms with E-state index < -0.39 is 6.29 Å². The molecule has 2 heteroatoms. The van der Waals surface area contributed by atoms with Gasteiger partial charge in [-0.2, -0.15) is 0 Å². The summed E-state index contributed by atoms with van der Waals surface area (Å²) >= 11 is 0. The summed E-state index contributed by atoms with van der Waals surface area (Å²) in [6.07, 6.45) is 9.83. The van der Waals surface area contributed by atoms with E-state index in [1.807, 2.05) is 6.07 Å². The standard InChI is InChI=1S/C23H22O2/c24-23(25)13-11-17-6-9-21-15-20(10-12-22(17)21)19-8-7-18(14-19)16-4-2-1-3-5-16/h1-7,9-10,12,14-15,17,23-25H,8,11,13H2. The van der Waals surface area contributed by atoms with Crippen LogP contribution >= 0.6 is 0 Å². The smallest absolute Gasteiger partial charge is 0.151 e. The molecule has 0 saturated carbocycles. The lowest BCUT2D eigenvalue weighted by Gasteiger charge is -2.13. The Morgan fingerprint density at radius 1 is 1.00 bits per heavy atom. The second-order valence-corrected chi connectivity index (χ2v) is 6.77. The molecule has 0 spiro atoms. The third-order valence-corrected chi connectivity index (χ3v) is 5.08. The first-order valence-corrected chi connectivity index (χ1v) is 8.85. The predicted molar refractivity (Wildman–Crippen MR) is 103 cm³/mol. The molecule has 0 heterocycles. The van der Waals surface area contributed by atoms with Crippen molar-refractivity contribution in [1.29, 1.82) is 0 Å². The number of aliphatic hydroxyl groups excluding tert-OH is 1. The Kier molecular flexibility index (Phi) is 4.39. The van der Waals surface area contributed by atoms with Crippen LogP contribution in [0.3, 0.4) is 0 Å². The van der Waals surface area contributed by atoms with Crippen LogP contribution in [0.5, 0.6) is 0 Å². The molecule has 0 radical (unpaired) electrons. The van der Waals surface area contributed by atoms with Crippen LogP contribution in [0.2, 0.25) is 0 Å². The molecule has 0 saturated heterocycles. The fourth-order valence-corrected chi connectivity index (χ4v) is 3.72. The van der Waals surface area contributed by atoms with Crippen LogP contribution in [0.15, 0.2) is 66.8 Å². The Bertz CT molecular complexity index is 857. The molecule has 0 bridgehead atoms. The van der Waals surface area contributed by atoms with E-state index in [1.54, 1.807) is 0 Å². The molecule has 0 aliphatic heterocycles. The summed E-state index contributed by atoms with van der Waals surface area (Å²) < 4.78 is 0. The Hall–Kier alpha value is -2.42. The highest BCUT2D eigenvalue weighted by Crippen LogP contribution is 2.38. The van der Waals surface area contributed by atoms with Crippen LogP contribution in [0, 0.1) is 0 Å². The summed E-state index contributed by atoms with van der Waals surface area (Å²) in [5.74, 6) is 0.293. The van der Waals surface area contributed by atoms with Gasteiger partial charge in [0.1, 0.15) is 0 Å². The van der Waals surface area contributed by atoms with Gasteiger partial charge in [0, 0.05) is 5.92 Å². The largest absolute Gasteiger partial charge is 0.368 e. The summed E-state index contributed by atoms with van der Waals surface area (Å²) in [5.41, 5.74) is 7.73. The Balaban J connectivity index is 1.53. The first-order valence-electron chi connectivity index (χ1n) is 8.85. The van der Waals surface area contributed by atoms with Gasteiger partial charge < -0.3 is 10.2 Å². The highest BCUT2D eigenvalue weighted by molar-refractivity contribution is 5.89. The third-order valence-electron chi connectivity index (χ3n) is 5.08. The second-order valence-electron chi connectivity index (χ2n) is 6.77. The van der Waals surface area contributed by atoms with Gasteiger partial charge in [-0.25, -0.2) is 0 Å². The quantitative estimate of drug-likeness (QED) is 0.776. The maximum absolute atomic E-state index is 9.09. The van der Waals surface area contributed by atoms with E-state index in [0.29, 0.717) is 12.3 Å². The lowest BCUT2D eigenvalue weighted by molar-refractivity contribution is -0.0467. The highest BCUT2D eigenvalue weighted by Gasteiger charge is 2.19. The minimum absolute atomic E-state index is 0.293. The summed E-state index contributed by atoms with van der Waals surface area (Å²) in [5, 5.41) is 18.2. The molecule has 4 rings (SSSR count). The molecule has 2 aliphatic rings. The SMILES string of the molecule is OC(O)CCC1C=Cc2cc(C3=CC(c4ccccc4)=CC3)ccc21. The van der Waals surface area contributed by atoms with Crippen molar-refractivity contribution in [3.8, 4) is 0 Å². The van der Waals surface area contributed by atoms with Crippen LogP contribution in [0.1, 0.15) is 47.4 Å². The van der Waals surface area contributed by atoms with Gasteiger partial charge in [-0.15, -0.1) is 0 Å².